The number of rotatable bonds is 7. The van der Waals surface area contributed by atoms with E-state index in [0.29, 0.717) is 18.0 Å². The summed E-state index contributed by atoms with van der Waals surface area (Å²) in [6, 6.07) is 12.6. The number of halogens is 1. The Labute approximate surface area is 129 Å². The second-order valence-corrected chi connectivity index (χ2v) is 5.63. The molecule has 0 saturated heterocycles. The van der Waals surface area contributed by atoms with E-state index in [-0.39, 0.29) is 5.82 Å². The quantitative estimate of drug-likeness (QED) is 0.584. The highest BCUT2D eigenvalue weighted by Gasteiger charge is 2.03. The topological polar surface area (TPSA) is 21.3 Å². The van der Waals surface area contributed by atoms with Crippen molar-refractivity contribution in [2.75, 3.05) is 12.8 Å². The molecule has 112 valence electrons. The highest BCUT2D eigenvalue weighted by Crippen LogP contribution is 2.25. The lowest BCUT2D eigenvalue weighted by molar-refractivity contribution is 0.474. The van der Waals surface area contributed by atoms with Crippen LogP contribution in [0, 0.1) is 5.82 Å². The molecule has 0 atom stereocenters. The largest absolute Gasteiger partial charge is 0.457 e. The monoisotopic (exact) mass is 305 g/mol. The second kappa shape index (κ2) is 8.05. The van der Waals surface area contributed by atoms with Gasteiger partial charge < -0.3 is 10.1 Å². The van der Waals surface area contributed by atoms with Gasteiger partial charge in [-0.1, -0.05) is 6.92 Å². The van der Waals surface area contributed by atoms with Gasteiger partial charge in [-0.05, 0) is 61.2 Å². The van der Waals surface area contributed by atoms with Gasteiger partial charge in [0.25, 0.3) is 0 Å². The molecule has 0 heterocycles. The SMILES string of the molecule is CCCNCc1cc(F)cc(Oc2ccc(SC)cc2)c1. The summed E-state index contributed by atoms with van der Waals surface area (Å²) < 4.78 is 19.4. The normalized spacial score (nSPS) is 10.6. The minimum absolute atomic E-state index is 0.276. The molecule has 1 N–H and O–H groups in total. The number of benzene rings is 2. The summed E-state index contributed by atoms with van der Waals surface area (Å²) in [7, 11) is 0. The van der Waals surface area contributed by atoms with Crippen LogP contribution in [0.2, 0.25) is 0 Å². The molecule has 0 amide bonds. The van der Waals surface area contributed by atoms with Gasteiger partial charge in [-0.25, -0.2) is 4.39 Å². The zero-order chi connectivity index (χ0) is 15.1. The molecular weight excluding hydrogens is 285 g/mol. The van der Waals surface area contributed by atoms with Crippen LogP contribution in [0.3, 0.4) is 0 Å². The third-order valence-electron chi connectivity index (χ3n) is 2.98. The number of ether oxygens (including phenoxy) is 1. The Morgan fingerprint density at radius 1 is 1.10 bits per heavy atom. The van der Waals surface area contributed by atoms with Gasteiger partial charge in [0, 0.05) is 17.5 Å². The van der Waals surface area contributed by atoms with Crippen molar-refractivity contribution in [2.45, 2.75) is 24.8 Å². The molecule has 0 aliphatic heterocycles. The number of thioether (sulfide) groups is 1. The Morgan fingerprint density at radius 2 is 1.86 bits per heavy atom. The molecule has 0 aliphatic carbocycles. The molecule has 21 heavy (non-hydrogen) atoms. The van der Waals surface area contributed by atoms with Crippen molar-refractivity contribution in [2.24, 2.45) is 0 Å². The van der Waals surface area contributed by atoms with Gasteiger partial charge >= 0.3 is 0 Å². The van der Waals surface area contributed by atoms with Crippen LogP contribution < -0.4 is 10.1 Å². The molecule has 0 aliphatic rings. The van der Waals surface area contributed by atoms with Gasteiger partial charge in [-0.3, -0.25) is 0 Å². The number of hydrogen-bond acceptors (Lipinski definition) is 3. The van der Waals surface area contributed by atoms with Crippen LogP contribution in [-0.4, -0.2) is 12.8 Å². The maximum atomic E-state index is 13.6. The van der Waals surface area contributed by atoms with Crippen LogP contribution >= 0.6 is 11.8 Å². The Bertz CT molecular complexity index is 572. The van der Waals surface area contributed by atoms with E-state index in [0.717, 1.165) is 18.5 Å². The average molecular weight is 305 g/mol. The first-order chi connectivity index (χ1) is 10.2. The molecule has 2 nitrogen and oxygen atoms in total. The fourth-order valence-corrected chi connectivity index (χ4v) is 2.38. The second-order valence-electron chi connectivity index (χ2n) is 4.75. The Kier molecular flexibility index (Phi) is 6.08. The van der Waals surface area contributed by atoms with E-state index >= 15 is 0 Å². The minimum atomic E-state index is -0.276. The summed E-state index contributed by atoms with van der Waals surface area (Å²) in [4.78, 5) is 1.17. The predicted molar refractivity (Wildman–Crippen MR) is 86.7 cm³/mol. The molecule has 4 heteroatoms. The molecule has 0 unspecified atom stereocenters. The van der Waals surface area contributed by atoms with Crippen molar-refractivity contribution in [3.8, 4) is 11.5 Å². The summed E-state index contributed by atoms with van der Waals surface area (Å²) in [5.74, 6) is 0.965. The molecule has 0 bridgehead atoms. The minimum Gasteiger partial charge on any atom is -0.457 e. The lowest BCUT2D eigenvalue weighted by atomic mass is 10.2. The van der Waals surface area contributed by atoms with E-state index in [2.05, 4.69) is 12.2 Å². The first-order valence-corrected chi connectivity index (χ1v) is 8.26. The van der Waals surface area contributed by atoms with E-state index in [4.69, 9.17) is 4.74 Å². The van der Waals surface area contributed by atoms with Gasteiger partial charge in [0.2, 0.25) is 0 Å². The molecule has 2 aromatic carbocycles. The highest BCUT2D eigenvalue weighted by molar-refractivity contribution is 7.98. The van der Waals surface area contributed by atoms with Crippen molar-refractivity contribution >= 4 is 11.8 Å². The zero-order valence-corrected chi connectivity index (χ0v) is 13.2. The number of hydrogen-bond donors (Lipinski definition) is 1. The molecule has 0 aromatic heterocycles. The van der Waals surface area contributed by atoms with E-state index in [1.807, 2.05) is 36.6 Å². The number of nitrogens with one attached hydrogen (secondary N) is 1. The van der Waals surface area contributed by atoms with Crippen LogP contribution in [0.1, 0.15) is 18.9 Å². The van der Waals surface area contributed by atoms with Gasteiger partial charge in [0.1, 0.15) is 17.3 Å². The molecule has 0 fully saturated rings. The Morgan fingerprint density at radius 3 is 2.52 bits per heavy atom. The van der Waals surface area contributed by atoms with E-state index in [9.17, 15) is 4.39 Å². The first-order valence-electron chi connectivity index (χ1n) is 7.03. The molecule has 0 radical (unpaired) electrons. The van der Waals surface area contributed by atoms with E-state index in [1.165, 1.54) is 17.0 Å². The third kappa shape index (κ3) is 5.06. The van der Waals surface area contributed by atoms with Gasteiger partial charge in [0.05, 0.1) is 0 Å². The summed E-state index contributed by atoms with van der Waals surface area (Å²) in [6.07, 6.45) is 3.08. The molecule has 2 aromatic rings. The van der Waals surface area contributed by atoms with Crippen LogP contribution in [0.5, 0.6) is 11.5 Å². The van der Waals surface area contributed by atoms with Crippen molar-refractivity contribution < 1.29 is 9.13 Å². The highest BCUT2D eigenvalue weighted by atomic mass is 32.2. The van der Waals surface area contributed by atoms with E-state index in [1.54, 1.807) is 11.8 Å². The lowest BCUT2D eigenvalue weighted by Crippen LogP contribution is -2.13. The maximum Gasteiger partial charge on any atom is 0.130 e. The van der Waals surface area contributed by atoms with Crippen molar-refractivity contribution in [1.82, 2.24) is 5.32 Å². The van der Waals surface area contributed by atoms with Crippen molar-refractivity contribution in [1.29, 1.82) is 0 Å². The maximum absolute atomic E-state index is 13.6. The van der Waals surface area contributed by atoms with Crippen LogP contribution in [0.15, 0.2) is 47.4 Å². The Balaban J connectivity index is 2.07. The first kappa shape index (κ1) is 15.9. The molecule has 2 rings (SSSR count). The van der Waals surface area contributed by atoms with Gasteiger partial charge in [-0.2, -0.15) is 0 Å². The fourth-order valence-electron chi connectivity index (χ4n) is 1.97. The lowest BCUT2D eigenvalue weighted by Gasteiger charge is -2.09. The summed E-state index contributed by atoms with van der Waals surface area (Å²) in [5.41, 5.74) is 0.888. The molecular formula is C17H20FNOS. The zero-order valence-electron chi connectivity index (χ0n) is 12.4. The summed E-state index contributed by atoms with van der Waals surface area (Å²) >= 11 is 1.68. The van der Waals surface area contributed by atoms with Crippen LogP contribution in [-0.2, 0) is 6.54 Å². The van der Waals surface area contributed by atoms with Crippen molar-refractivity contribution in [3.05, 3.63) is 53.8 Å². The third-order valence-corrected chi connectivity index (χ3v) is 3.73. The predicted octanol–water partition coefficient (Wildman–Crippen LogP) is 4.84. The van der Waals surface area contributed by atoms with E-state index < -0.39 is 0 Å². The molecule has 0 saturated carbocycles. The average Bonchev–Trinajstić information content (AvgIpc) is 2.48. The standard InChI is InChI=1S/C17H20FNOS/c1-3-8-19-12-13-9-14(18)11-16(10-13)20-15-4-6-17(21-2)7-5-15/h4-7,9-11,19H,3,8,12H2,1-2H3. The Hall–Kier alpha value is -1.52. The molecule has 0 spiro atoms. The summed E-state index contributed by atoms with van der Waals surface area (Å²) in [6.45, 7) is 3.67. The van der Waals surface area contributed by atoms with Crippen molar-refractivity contribution in [3.63, 3.8) is 0 Å². The fraction of sp³-hybridized carbons (Fsp3) is 0.294. The van der Waals surface area contributed by atoms with Crippen LogP contribution in [0.4, 0.5) is 4.39 Å². The smallest absolute Gasteiger partial charge is 0.130 e. The van der Waals surface area contributed by atoms with Gasteiger partial charge in [-0.15, -0.1) is 11.8 Å². The van der Waals surface area contributed by atoms with Crippen LogP contribution in [0.25, 0.3) is 0 Å². The van der Waals surface area contributed by atoms with Gasteiger partial charge in [0.15, 0.2) is 0 Å². The summed E-state index contributed by atoms with van der Waals surface area (Å²) in [5, 5.41) is 3.26.